The number of nitrogens with one attached hydrogen (secondary N) is 1. The Kier molecular flexibility index (Phi) is 2.40. The summed E-state index contributed by atoms with van der Waals surface area (Å²) in [6, 6.07) is 23.5. The van der Waals surface area contributed by atoms with E-state index in [0.717, 1.165) is 0 Å². The van der Waals surface area contributed by atoms with Crippen molar-refractivity contribution in [2.24, 2.45) is 0 Å². The van der Waals surface area contributed by atoms with Gasteiger partial charge in [-0.3, -0.25) is 0 Å². The Balaban J connectivity index is 2.05. The standard InChI is InChI=1S/C19H15N/c1-13-17-11-15-9-5-6-10-16(15)12-18(17)20-19(13)14-7-3-2-4-8-14/h2-12,20H,1H3. The monoisotopic (exact) mass is 257 g/mol. The predicted molar refractivity (Wildman–Crippen MR) is 86.0 cm³/mol. The summed E-state index contributed by atoms with van der Waals surface area (Å²) < 4.78 is 0. The SMILES string of the molecule is Cc1c(-c2ccccc2)[nH]c2cc3ccccc3cc12. The molecule has 0 saturated heterocycles. The van der Waals surface area contributed by atoms with E-state index in [0.29, 0.717) is 0 Å². The number of aromatic nitrogens is 1. The number of hydrogen-bond donors (Lipinski definition) is 1. The minimum absolute atomic E-state index is 1.21. The van der Waals surface area contributed by atoms with Crippen molar-refractivity contribution in [3.8, 4) is 11.3 Å². The molecular formula is C19H15N. The maximum Gasteiger partial charge on any atom is 0.0494 e. The Morgan fingerprint density at radius 2 is 1.40 bits per heavy atom. The lowest BCUT2D eigenvalue weighted by Gasteiger charge is -1.99. The highest BCUT2D eigenvalue weighted by molar-refractivity contribution is 6.01. The second kappa shape index (κ2) is 4.24. The first kappa shape index (κ1) is 11.3. The Hall–Kier alpha value is -2.54. The lowest BCUT2D eigenvalue weighted by Crippen LogP contribution is -1.78. The third-order valence-electron chi connectivity index (χ3n) is 3.99. The highest BCUT2D eigenvalue weighted by Gasteiger charge is 2.09. The van der Waals surface area contributed by atoms with Crippen molar-refractivity contribution in [3.63, 3.8) is 0 Å². The molecule has 0 atom stereocenters. The van der Waals surface area contributed by atoms with E-state index >= 15 is 0 Å². The molecule has 20 heavy (non-hydrogen) atoms. The molecule has 1 heteroatoms. The molecule has 0 aliphatic heterocycles. The van der Waals surface area contributed by atoms with E-state index in [9.17, 15) is 0 Å². The van der Waals surface area contributed by atoms with Gasteiger partial charge in [-0.1, -0.05) is 54.6 Å². The van der Waals surface area contributed by atoms with E-state index in [2.05, 4.69) is 78.6 Å². The normalized spacial score (nSPS) is 11.2. The van der Waals surface area contributed by atoms with Crippen LogP contribution in [0.4, 0.5) is 0 Å². The lowest BCUT2D eigenvalue weighted by atomic mass is 10.0. The molecule has 4 aromatic rings. The molecule has 1 nitrogen and oxygen atoms in total. The second-order valence-corrected chi connectivity index (χ2v) is 5.24. The van der Waals surface area contributed by atoms with E-state index in [1.54, 1.807) is 0 Å². The van der Waals surface area contributed by atoms with E-state index in [1.807, 2.05) is 0 Å². The van der Waals surface area contributed by atoms with Gasteiger partial charge in [-0.2, -0.15) is 0 Å². The first-order chi connectivity index (χ1) is 9.83. The van der Waals surface area contributed by atoms with Gasteiger partial charge in [0.15, 0.2) is 0 Å². The Labute approximate surface area is 117 Å². The van der Waals surface area contributed by atoms with Crippen LogP contribution in [0.3, 0.4) is 0 Å². The van der Waals surface area contributed by atoms with E-state index < -0.39 is 0 Å². The molecule has 0 amide bonds. The number of fused-ring (bicyclic) bond motifs is 2. The van der Waals surface area contributed by atoms with Crippen LogP contribution in [-0.2, 0) is 0 Å². The van der Waals surface area contributed by atoms with Gasteiger partial charge in [0.2, 0.25) is 0 Å². The van der Waals surface area contributed by atoms with Gasteiger partial charge < -0.3 is 4.98 Å². The lowest BCUT2D eigenvalue weighted by molar-refractivity contribution is 1.41. The largest absolute Gasteiger partial charge is 0.354 e. The van der Waals surface area contributed by atoms with Gasteiger partial charge in [0.25, 0.3) is 0 Å². The Morgan fingerprint density at radius 1 is 0.750 bits per heavy atom. The van der Waals surface area contributed by atoms with Crippen molar-refractivity contribution in [1.82, 2.24) is 4.98 Å². The molecular weight excluding hydrogens is 242 g/mol. The van der Waals surface area contributed by atoms with Crippen molar-refractivity contribution < 1.29 is 0 Å². The quantitative estimate of drug-likeness (QED) is 0.476. The fourth-order valence-electron chi connectivity index (χ4n) is 2.91. The molecule has 1 aromatic heterocycles. The molecule has 0 spiro atoms. The van der Waals surface area contributed by atoms with E-state index in [1.165, 1.54) is 38.5 Å². The summed E-state index contributed by atoms with van der Waals surface area (Å²) in [5.41, 5.74) is 4.98. The van der Waals surface area contributed by atoms with Crippen LogP contribution in [0.15, 0.2) is 66.7 Å². The highest BCUT2D eigenvalue weighted by atomic mass is 14.7. The summed E-state index contributed by atoms with van der Waals surface area (Å²) >= 11 is 0. The number of aryl methyl sites for hydroxylation is 1. The average molecular weight is 257 g/mol. The molecule has 0 fully saturated rings. The fourth-order valence-corrected chi connectivity index (χ4v) is 2.91. The number of aromatic amines is 1. The summed E-state index contributed by atoms with van der Waals surface area (Å²) in [4.78, 5) is 3.57. The summed E-state index contributed by atoms with van der Waals surface area (Å²) in [5.74, 6) is 0. The molecule has 3 aromatic carbocycles. The summed E-state index contributed by atoms with van der Waals surface area (Å²) in [7, 11) is 0. The van der Waals surface area contributed by atoms with Gasteiger partial charge in [0, 0.05) is 16.6 Å². The maximum absolute atomic E-state index is 3.57. The highest BCUT2D eigenvalue weighted by Crippen LogP contribution is 2.32. The first-order valence-electron chi connectivity index (χ1n) is 6.89. The molecule has 0 saturated carbocycles. The molecule has 4 rings (SSSR count). The van der Waals surface area contributed by atoms with Crippen LogP contribution in [0.25, 0.3) is 32.9 Å². The van der Waals surface area contributed by atoms with Crippen molar-refractivity contribution >= 4 is 21.7 Å². The third-order valence-corrected chi connectivity index (χ3v) is 3.99. The van der Waals surface area contributed by atoms with Gasteiger partial charge >= 0.3 is 0 Å². The van der Waals surface area contributed by atoms with Crippen LogP contribution >= 0.6 is 0 Å². The third kappa shape index (κ3) is 1.64. The smallest absolute Gasteiger partial charge is 0.0494 e. The molecule has 0 radical (unpaired) electrons. The number of rotatable bonds is 1. The summed E-state index contributed by atoms with van der Waals surface area (Å²) in [6.45, 7) is 2.19. The van der Waals surface area contributed by atoms with E-state index in [4.69, 9.17) is 0 Å². The van der Waals surface area contributed by atoms with Crippen LogP contribution in [0.1, 0.15) is 5.56 Å². The van der Waals surface area contributed by atoms with Crippen LogP contribution in [0.5, 0.6) is 0 Å². The van der Waals surface area contributed by atoms with Crippen molar-refractivity contribution in [3.05, 3.63) is 72.3 Å². The van der Waals surface area contributed by atoms with E-state index in [-0.39, 0.29) is 0 Å². The predicted octanol–water partition coefficient (Wildman–Crippen LogP) is 5.30. The number of hydrogen-bond acceptors (Lipinski definition) is 0. The molecule has 0 aliphatic rings. The molecule has 0 unspecified atom stereocenters. The second-order valence-electron chi connectivity index (χ2n) is 5.24. The average Bonchev–Trinajstić information content (AvgIpc) is 2.83. The molecule has 0 aliphatic carbocycles. The van der Waals surface area contributed by atoms with Crippen molar-refractivity contribution in [2.45, 2.75) is 6.92 Å². The Bertz CT molecular complexity index is 901. The summed E-state index contributed by atoms with van der Waals surface area (Å²) in [6.07, 6.45) is 0. The zero-order chi connectivity index (χ0) is 13.5. The number of benzene rings is 3. The molecule has 96 valence electrons. The van der Waals surface area contributed by atoms with Crippen LogP contribution in [0.2, 0.25) is 0 Å². The van der Waals surface area contributed by atoms with Gasteiger partial charge in [-0.15, -0.1) is 0 Å². The van der Waals surface area contributed by atoms with Crippen LogP contribution in [0, 0.1) is 6.92 Å². The molecule has 0 bridgehead atoms. The maximum atomic E-state index is 3.57. The molecule has 1 heterocycles. The number of H-pyrrole nitrogens is 1. The zero-order valence-electron chi connectivity index (χ0n) is 11.4. The topological polar surface area (TPSA) is 15.8 Å². The van der Waals surface area contributed by atoms with Crippen molar-refractivity contribution in [1.29, 1.82) is 0 Å². The summed E-state index contributed by atoms with van der Waals surface area (Å²) in [5, 5.41) is 3.88. The first-order valence-corrected chi connectivity index (χ1v) is 6.89. The van der Waals surface area contributed by atoms with Gasteiger partial charge in [0.1, 0.15) is 0 Å². The van der Waals surface area contributed by atoms with Crippen molar-refractivity contribution in [2.75, 3.05) is 0 Å². The molecule has 1 N–H and O–H groups in total. The fraction of sp³-hybridized carbons (Fsp3) is 0.0526. The van der Waals surface area contributed by atoms with Crippen LogP contribution in [-0.4, -0.2) is 4.98 Å². The Morgan fingerprint density at radius 3 is 2.15 bits per heavy atom. The minimum Gasteiger partial charge on any atom is -0.354 e. The van der Waals surface area contributed by atoms with Gasteiger partial charge in [-0.25, -0.2) is 0 Å². The van der Waals surface area contributed by atoms with Gasteiger partial charge in [-0.05, 0) is 41.0 Å². The van der Waals surface area contributed by atoms with Gasteiger partial charge in [0.05, 0.1) is 0 Å². The van der Waals surface area contributed by atoms with Crippen LogP contribution < -0.4 is 0 Å². The zero-order valence-corrected chi connectivity index (χ0v) is 11.4. The minimum atomic E-state index is 1.21.